The quantitative estimate of drug-likeness (QED) is 0.679. The highest BCUT2D eigenvalue weighted by Gasteiger charge is 2.16. The maximum Gasteiger partial charge on any atom is 0.321 e. The summed E-state index contributed by atoms with van der Waals surface area (Å²) >= 11 is 3.13. The second-order valence-electron chi connectivity index (χ2n) is 3.57. The van der Waals surface area contributed by atoms with E-state index in [0.717, 1.165) is 5.56 Å². The highest BCUT2D eigenvalue weighted by molar-refractivity contribution is 9.10. The largest absolute Gasteiger partial charge is 0.468 e. The van der Waals surface area contributed by atoms with Crippen LogP contribution < -0.4 is 5.32 Å². The van der Waals surface area contributed by atoms with Crippen LogP contribution in [0.15, 0.2) is 24.3 Å². The third-order valence-electron chi connectivity index (χ3n) is 2.21. The van der Waals surface area contributed by atoms with Gasteiger partial charge in [-0.15, -0.1) is 0 Å². The number of amides is 1. The van der Waals surface area contributed by atoms with E-state index in [1.807, 2.05) is 19.1 Å². The Kier molecular flexibility index (Phi) is 5.15. The standard InChI is InChI=1S/C12H14BrNO3/c1-8-3-5-9(6-4-8)11(15)14-7-10(13)12(16)17-2/h3-6,10H,7H2,1-2H3,(H,14,15). The van der Waals surface area contributed by atoms with E-state index in [9.17, 15) is 9.59 Å². The van der Waals surface area contributed by atoms with Crippen molar-refractivity contribution in [1.82, 2.24) is 5.32 Å². The van der Waals surface area contributed by atoms with Crippen molar-refractivity contribution in [2.45, 2.75) is 11.8 Å². The molecular formula is C12H14BrNO3. The molecule has 1 rings (SSSR count). The van der Waals surface area contributed by atoms with E-state index in [1.54, 1.807) is 12.1 Å². The smallest absolute Gasteiger partial charge is 0.321 e. The van der Waals surface area contributed by atoms with Crippen molar-refractivity contribution < 1.29 is 14.3 Å². The first-order valence-corrected chi connectivity index (χ1v) is 6.03. The number of aryl methyl sites for hydroxylation is 1. The molecule has 0 saturated heterocycles. The zero-order valence-electron chi connectivity index (χ0n) is 9.70. The summed E-state index contributed by atoms with van der Waals surface area (Å²) in [6.07, 6.45) is 0. The van der Waals surface area contributed by atoms with Crippen LogP contribution in [0.5, 0.6) is 0 Å². The van der Waals surface area contributed by atoms with Crippen LogP contribution in [0.1, 0.15) is 15.9 Å². The third-order valence-corrected chi connectivity index (χ3v) is 2.91. The number of benzene rings is 1. The van der Waals surface area contributed by atoms with Crippen LogP contribution in [0.3, 0.4) is 0 Å². The number of rotatable bonds is 4. The summed E-state index contributed by atoms with van der Waals surface area (Å²) in [5.74, 6) is -0.618. The molecule has 0 fully saturated rings. The third kappa shape index (κ3) is 4.19. The van der Waals surface area contributed by atoms with Gasteiger partial charge in [-0.25, -0.2) is 0 Å². The first-order chi connectivity index (χ1) is 8.04. The number of hydrogen-bond acceptors (Lipinski definition) is 3. The molecule has 5 heteroatoms. The van der Waals surface area contributed by atoms with Gasteiger partial charge in [0, 0.05) is 12.1 Å². The van der Waals surface area contributed by atoms with Gasteiger partial charge in [0.1, 0.15) is 4.83 Å². The molecule has 1 aromatic carbocycles. The number of ether oxygens (including phenoxy) is 1. The number of carbonyl (C=O) groups is 2. The van der Waals surface area contributed by atoms with Crippen molar-refractivity contribution in [2.24, 2.45) is 0 Å². The van der Waals surface area contributed by atoms with E-state index in [1.165, 1.54) is 7.11 Å². The van der Waals surface area contributed by atoms with Crippen molar-refractivity contribution in [3.63, 3.8) is 0 Å². The van der Waals surface area contributed by atoms with Gasteiger partial charge in [0.15, 0.2) is 0 Å². The summed E-state index contributed by atoms with van der Waals surface area (Å²) in [7, 11) is 1.30. The van der Waals surface area contributed by atoms with Crippen LogP contribution in [-0.2, 0) is 9.53 Å². The minimum Gasteiger partial charge on any atom is -0.468 e. The van der Waals surface area contributed by atoms with Crippen LogP contribution in [0.25, 0.3) is 0 Å². The van der Waals surface area contributed by atoms with E-state index in [2.05, 4.69) is 26.0 Å². The molecule has 4 nitrogen and oxygen atoms in total. The molecule has 0 saturated carbocycles. The van der Waals surface area contributed by atoms with Crippen LogP contribution in [0, 0.1) is 6.92 Å². The Morgan fingerprint density at radius 2 is 1.94 bits per heavy atom. The molecule has 92 valence electrons. The molecule has 0 radical (unpaired) electrons. The highest BCUT2D eigenvalue weighted by Crippen LogP contribution is 2.04. The number of halogens is 1. The van der Waals surface area contributed by atoms with E-state index >= 15 is 0 Å². The first-order valence-electron chi connectivity index (χ1n) is 5.11. The van der Waals surface area contributed by atoms with Crippen LogP contribution in [0.4, 0.5) is 0 Å². The van der Waals surface area contributed by atoms with Crippen LogP contribution in [0.2, 0.25) is 0 Å². The second kappa shape index (κ2) is 6.39. The molecule has 1 amide bonds. The molecule has 0 heterocycles. The molecule has 0 spiro atoms. The predicted octanol–water partition coefficient (Wildman–Crippen LogP) is 1.66. The van der Waals surface area contributed by atoms with E-state index in [0.29, 0.717) is 5.56 Å². The predicted molar refractivity (Wildman–Crippen MR) is 68.2 cm³/mol. The Balaban J connectivity index is 2.50. The van der Waals surface area contributed by atoms with E-state index < -0.39 is 10.8 Å². The maximum atomic E-state index is 11.7. The molecule has 1 atom stereocenters. The second-order valence-corrected chi connectivity index (χ2v) is 4.67. The molecule has 0 bridgehead atoms. The van der Waals surface area contributed by atoms with Gasteiger partial charge in [-0.1, -0.05) is 33.6 Å². The molecule has 1 aromatic rings. The highest BCUT2D eigenvalue weighted by atomic mass is 79.9. The average molecular weight is 300 g/mol. The topological polar surface area (TPSA) is 55.4 Å². The Morgan fingerprint density at radius 3 is 2.47 bits per heavy atom. The maximum absolute atomic E-state index is 11.7. The van der Waals surface area contributed by atoms with Crippen molar-refractivity contribution in [3.8, 4) is 0 Å². The monoisotopic (exact) mass is 299 g/mol. The van der Waals surface area contributed by atoms with Crippen LogP contribution >= 0.6 is 15.9 Å². The number of hydrogen-bond donors (Lipinski definition) is 1. The van der Waals surface area contributed by atoms with Crippen molar-refractivity contribution in [1.29, 1.82) is 0 Å². The molecule has 0 aliphatic carbocycles. The fourth-order valence-electron chi connectivity index (χ4n) is 1.20. The number of methoxy groups -OCH3 is 1. The van der Waals surface area contributed by atoms with Gasteiger partial charge in [-0.3, -0.25) is 9.59 Å². The Morgan fingerprint density at radius 1 is 1.35 bits per heavy atom. The summed E-state index contributed by atoms with van der Waals surface area (Å²) in [6.45, 7) is 2.15. The molecule has 17 heavy (non-hydrogen) atoms. The Labute approximate surface area is 108 Å². The van der Waals surface area contributed by atoms with Crippen molar-refractivity contribution in [3.05, 3.63) is 35.4 Å². The summed E-state index contributed by atoms with van der Waals surface area (Å²) < 4.78 is 4.53. The molecular weight excluding hydrogens is 286 g/mol. The summed E-state index contributed by atoms with van der Waals surface area (Å²) in [5.41, 5.74) is 1.66. The van der Waals surface area contributed by atoms with Gasteiger partial charge in [-0.05, 0) is 19.1 Å². The lowest BCUT2D eigenvalue weighted by atomic mass is 10.1. The fraction of sp³-hybridized carbons (Fsp3) is 0.333. The van der Waals surface area contributed by atoms with Gasteiger partial charge in [0.2, 0.25) is 0 Å². The lowest BCUT2D eigenvalue weighted by Crippen LogP contribution is -2.33. The summed E-state index contributed by atoms with van der Waals surface area (Å²) in [6, 6.07) is 7.21. The van der Waals surface area contributed by atoms with Gasteiger partial charge in [0.05, 0.1) is 7.11 Å². The van der Waals surface area contributed by atoms with Gasteiger partial charge in [0.25, 0.3) is 5.91 Å². The van der Waals surface area contributed by atoms with Crippen LogP contribution in [-0.4, -0.2) is 30.4 Å². The molecule has 1 N–H and O–H groups in total. The number of carbonyl (C=O) groups excluding carboxylic acids is 2. The number of nitrogens with one attached hydrogen (secondary N) is 1. The molecule has 0 aliphatic rings. The minimum atomic E-state index is -0.526. The SMILES string of the molecule is COC(=O)C(Br)CNC(=O)c1ccc(C)cc1. The lowest BCUT2D eigenvalue weighted by molar-refractivity contribution is -0.139. The molecule has 0 aromatic heterocycles. The molecule has 0 aliphatic heterocycles. The van der Waals surface area contributed by atoms with E-state index in [-0.39, 0.29) is 12.5 Å². The van der Waals surface area contributed by atoms with E-state index in [4.69, 9.17) is 0 Å². The summed E-state index contributed by atoms with van der Waals surface area (Å²) in [4.78, 5) is 22.2. The zero-order valence-corrected chi connectivity index (χ0v) is 11.3. The molecule has 1 unspecified atom stereocenters. The summed E-state index contributed by atoms with van der Waals surface area (Å²) in [5, 5.41) is 2.65. The average Bonchev–Trinajstić information content (AvgIpc) is 2.35. The first kappa shape index (κ1) is 13.7. The number of esters is 1. The number of alkyl halides is 1. The van der Waals surface area contributed by atoms with Gasteiger partial charge >= 0.3 is 5.97 Å². The Hall–Kier alpha value is -1.36. The lowest BCUT2D eigenvalue weighted by Gasteiger charge is -2.09. The van der Waals surface area contributed by atoms with Crippen molar-refractivity contribution in [2.75, 3.05) is 13.7 Å². The fourth-order valence-corrected chi connectivity index (χ4v) is 1.55. The van der Waals surface area contributed by atoms with Crippen molar-refractivity contribution >= 4 is 27.8 Å². The minimum absolute atomic E-state index is 0.194. The zero-order chi connectivity index (χ0) is 12.8. The Bertz CT molecular complexity index is 403. The van der Waals surface area contributed by atoms with Gasteiger partial charge in [-0.2, -0.15) is 0 Å². The normalized spacial score (nSPS) is 11.7. The van der Waals surface area contributed by atoms with Gasteiger partial charge < -0.3 is 10.1 Å².